The van der Waals surface area contributed by atoms with Crippen molar-refractivity contribution in [3.8, 4) is 0 Å². The molecule has 2 aliphatic heterocycles. The molecule has 2 saturated heterocycles. The third kappa shape index (κ3) is 4.60. The highest BCUT2D eigenvalue weighted by Gasteiger charge is 2.35. The van der Waals surface area contributed by atoms with Crippen LogP contribution in [-0.4, -0.2) is 49.7 Å². The minimum Gasteiger partial charge on any atom is -0.355 e. The predicted molar refractivity (Wildman–Crippen MR) is 94.5 cm³/mol. The van der Waals surface area contributed by atoms with Crippen LogP contribution in [0.1, 0.15) is 24.0 Å². The van der Waals surface area contributed by atoms with Crippen molar-refractivity contribution < 1.29 is 18.0 Å². The molecule has 2 aliphatic rings. The van der Waals surface area contributed by atoms with Crippen LogP contribution in [0.2, 0.25) is 0 Å². The first-order chi connectivity index (χ1) is 11.8. The zero-order valence-corrected chi connectivity index (χ0v) is 15.2. The van der Waals surface area contributed by atoms with E-state index in [4.69, 9.17) is 0 Å². The maximum Gasteiger partial charge on any atom is 0.225 e. The third-order valence-electron chi connectivity index (χ3n) is 4.97. The summed E-state index contributed by atoms with van der Waals surface area (Å²) in [7, 11) is -2.93. The van der Waals surface area contributed by atoms with Gasteiger partial charge in [0, 0.05) is 26.1 Å². The molecule has 1 aromatic rings. The van der Waals surface area contributed by atoms with Gasteiger partial charge in [-0.25, -0.2) is 8.42 Å². The van der Waals surface area contributed by atoms with E-state index in [2.05, 4.69) is 5.32 Å². The molecule has 0 aromatic heterocycles. The van der Waals surface area contributed by atoms with Crippen LogP contribution in [0.4, 0.5) is 0 Å². The van der Waals surface area contributed by atoms with Crippen molar-refractivity contribution in [2.45, 2.75) is 26.3 Å². The minimum atomic E-state index is -2.93. The quantitative estimate of drug-likeness (QED) is 0.841. The largest absolute Gasteiger partial charge is 0.355 e. The lowest BCUT2D eigenvalue weighted by Crippen LogP contribution is -2.36. The number of carbonyl (C=O) groups is 2. The Labute approximate surface area is 148 Å². The second-order valence-corrected chi connectivity index (χ2v) is 9.40. The molecule has 3 rings (SSSR count). The molecule has 0 spiro atoms. The molecule has 1 N–H and O–H groups in total. The van der Waals surface area contributed by atoms with E-state index in [1.165, 1.54) is 5.56 Å². The number of aryl methyl sites for hydroxylation is 1. The van der Waals surface area contributed by atoms with E-state index in [1.54, 1.807) is 4.90 Å². The number of hydrogen-bond donors (Lipinski definition) is 1. The highest BCUT2D eigenvalue weighted by Crippen LogP contribution is 2.22. The Morgan fingerprint density at radius 1 is 1.28 bits per heavy atom. The minimum absolute atomic E-state index is 0.00489. The van der Waals surface area contributed by atoms with Gasteiger partial charge < -0.3 is 10.2 Å². The van der Waals surface area contributed by atoms with Crippen molar-refractivity contribution in [3.63, 3.8) is 0 Å². The Hall–Kier alpha value is -1.89. The SMILES string of the molecule is Cc1ccc(CN2C[C@@H](C(=O)NC[C@@H]3CCS(=O)(=O)C3)CC2=O)cc1. The number of amides is 2. The van der Waals surface area contributed by atoms with Gasteiger partial charge in [-0.3, -0.25) is 9.59 Å². The van der Waals surface area contributed by atoms with E-state index < -0.39 is 9.84 Å². The van der Waals surface area contributed by atoms with Gasteiger partial charge >= 0.3 is 0 Å². The van der Waals surface area contributed by atoms with Crippen LogP contribution >= 0.6 is 0 Å². The fourth-order valence-electron chi connectivity index (χ4n) is 3.44. The molecular formula is C18H24N2O4S. The zero-order chi connectivity index (χ0) is 18.0. The average molecular weight is 364 g/mol. The molecule has 136 valence electrons. The molecule has 1 aromatic carbocycles. The van der Waals surface area contributed by atoms with Crippen molar-refractivity contribution in [2.24, 2.45) is 11.8 Å². The molecule has 0 radical (unpaired) electrons. The van der Waals surface area contributed by atoms with Gasteiger partial charge in [-0.05, 0) is 24.8 Å². The molecule has 2 fully saturated rings. The zero-order valence-electron chi connectivity index (χ0n) is 14.4. The van der Waals surface area contributed by atoms with Gasteiger partial charge in [-0.1, -0.05) is 29.8 Å². The van der Waals surface area contributed by atoms with Crippen LogP contribution in [0.3, 0.4) is 0 Å². The van der Waals surface area contributed by atoms with E-state index in [0.29, 0.717) is 26.1 Å². The molecule has 6 nitrogen and oxygen atoms in total. The summed E-state index contributed by atoms with van der Waals surface area (Å²) in [6.07, 6.45) is 0.826. The van der Waals surface area contributed by atoms with Crippen molar-refractivity contribution in [1.82, 2.24) is 10.2 Å². The predicted octanol–water partition coefficient (Wildman–Crippen LogP) is 0.894. The first-order valence-corrected chi connectivity index (χ1v) is 10.5. The molecule has 0 unspecified atom stereocenters. The van der Waals surface area contributed by atoms with Gasteiger partial charge in [0.1, 0.15) is 0 Å². The highest BCUT2D eigenvalue weighted by molar-refractivity contribution is 7.91. The summed E-state index contributed by atoms with van der Waals surface area (Å²) in [6.45, 7) is 3.33. The van der Waals surface area contributed by atoms with Crippen molar-refractivity contribution >= 4 is 21.7 Å². The van der Waals surface area contributed by atoms with Gasteiger partial charge in [-0.15, -0.1) is 0 Å². The summed E-state index contributed by atoms with van der Waals surface area (Å²) >= 11 is 0. The molecule has 0 saturated carbocycles. The van der Waals surface area contributed by atoms with Gasteiger partial charge in [0.2, 0.25) is 11.8 Å². The van der Waals surface area contributed by atoms with Gasteiger partial charge in [-0.2, -0.15) is 0 Å². The van der Waals surface area contributed by atoms with Crippen molar-refractivity contribution in [3.05, 3.63) is 35.4 Å². The van der Waals surface area contributed by atoms with Crippen LogP contribution in [-0.2, 0) is 26.0 Å². The smallest absolute Gasteiger partial charge is 0.225 e. The number of carbonyl (C=O) groups excluding carboxylic acids is 2. The molecule has 7 heteroatoms. The molecular weight excluding hydrogens is 340 g/mol. The standard InChI is InChI=1S/C18H24N2O4S/c1-13-2-4-14(5-3-13)10-20-11-16(8-17(20)21)18(22)19-9-15-6-7-25(23,24)12-15/h2-5,15-16H,6-12H2,1H3,(H,19,22)/t15-,16-/m0/s1. The summed E-state index contributed by atoms with van der Waals surface area (Å²) in [5, 5.41) is 2.83. The maximum atomic E-state index is 12.3. The average Bonchev–Trinajstić information content (AvgIpc) is 3.10. The number of nitrogens with one attached hydrogen (secondary N) is 1. The Balaban J connectivity index is 1.49. The van der Waals surface area contributed by atoms with E-state index in [9.17, 15) is 18.0 Å². The summed E-state index contributed by atoms with van der Waals surface area (Å²) in [5.74, 6) is -0.158. The summed E-state index contributed by atoms with van der Waals surface area (Å²) in [6, 6.07) is 8.01. The second-order valence-electron chi connectivity index (χ2n) is 7.18. The lowest BCUT2D eigenvalue weighted by molar-refractivity contribution is -0.129. The number of sulfone groups is 1. The maximum absolute atomic E-state index is 12.3. The Bertz CT molecular complexity index is 758. The van der Waals surface area contributed by atoms with Crippen molar-refractivity contribution in [1.29, 1.82) is 0 Å². The molecule has 25 heavy (non-hydrogen) atoms. The Morgan fingerprint density at radius 2 is 2.00 bits per heavy atom. The number of hydrogen-bond acceptors (Lipinski definition) is 4. The molecule has 0 aliphatic carbocycles. The van der Waals surface area contributed by atoms with Crippen LogP contribution < -0.4 is 5.32 Å². The van der Waals surface area contributed by atoms with E-state index in [0.717, 1.165) is 5.56 Å². The van der Waals surface area contributed by atoms with Crippen molar-refractivity contribution in [2.75, 3.05) is 24.6 Å². The third-order valence-corrected chi connectivity index (χ3v) is 6.81. The molecule has 2 atom stereocenters. The first kappa shape index (κ1) is 17.9. The summed E-state index contributed by atoms with van der Waals surface area (Å²) < 4.78 is 22.9. The highest BCUT2D eigenvalue weighted by atomic mass is 32.2. The van der Waals surface area contributed by atoms with E-state index in [1.807, 2.05) is 31.2 Å². The van der Waals surface area contributed by atoms with Crippen LogP contribution in [0.25, 0.3) is 0 Å². The summed E-state index contributed by atoms with van der Waals surface area (Å²) in [5.41, 5.74) is 2.22. The first-order valence-electron chi connectivity index (χ1n) is 8.64. The van der Waals surface area contributed by atoms with Gasteiger partial charge in [0.25, 0.3) is 0 Å². The van der Waals surface area contributed by atoms with Crippen LogP contribution in [0, 0.1) is 18.8 Å². The lowest BCUT2D eigenvalue weighted by Gasteiger charge is -2.17. The number of nitrogens with zero attached hydrogens (tertiary/aromatic N) is 1. The van der Waals surface area contributed by atoms with E-state index >= 15 is 0 Å². The Kier molecular flexibility index (Phi) is 5.13. The second kappa shape index (κ2) is 7.15. The topological polar surface area (TPSA) is 83.6 Å². The number of rotatable bonds is 5. The summed E-state index contributed by atoms with van der Waals surface area (Å²) in [4.78, 5) is 26.2. The fraction of sp³-hybridized carbons (Fsp3) is 0.556. The number of benzene rings is 1. The molecule has 0 bridgehead atoms. The number of likely N-dealkylation sites (tertiary alicyclic amines) is 1. The van der Waals surface area contributed by atoms with Gasteiger partial charge in [0.15, 0.2) is 9.84 Å². The molecule has 2 amide bonds. The Morgan fingerprint density at radius 3 is 2.64 bits per heavy atom. The monoisotopic (exact) mass is 364 g/mol. The van der Waals surface area contributed by atoms with Crippen LogP contribution in [0.5, 0.6) is 0 Å². The normalized spacial score (nSPS) is 25.3. The van der Waals surface area contributed by atoms with Crippen LogP contribution in [0.15, 0.2) is 24.3 Å². The fourth-order valence-corrected chi connectivity index (χ4v) is 5.30. The molecule has 2 heterocycles. The van der Waals surface area contributed by atoms with E-state index in [-0.39, 0.29) is 41.6 Å². The van der Waals surface area contributed by atoms with Gasteiger partial charge in [0.05, 0.1) is 17.4 Å². The lowest BCUT2D eigenvalue weighted by atomic mass is 10.1.